The first-order chi connectivity index (χ1) is 10.1. The number of nitrogens with one attached hydrogen (secondary N) is 2. The second-order valence-electron chi connectivity index (χ2n) is 5.71. The molecule has 2 amide bonds. The van der Waals surface area contributed by atoms with Crippen molar-refractivity contribution in [2.45, 2.75) is 32.0 Å². The fourth-order valence-corrected chi connectivity index (χ4v) is 2.67. The summed E-state index contributed by atoms with van der Waals surface area (Å²) >= 11 is 4.29. The first-order valence-corrected chi connectivity index (χ1v) is 7.74. The van der Waals surface area contributed by atoms with Crippen molar-refractivity contribution in [1.29, 1.82) is 0 Å². The summed E-state index contributed by atoms with van der Waals surface area (Å²) < 4.78 is 0. The Morgan fingerprint density at radius 2 is 1.55 bits per heavy atom. The number of Topliss-reactive ketones (excluding diaryl/α,β-unsaturated/α-hetero) is 1. The second kappa shape index (κ2) is 9.81. The van der Waals surface area contributed by atoms with Crippen LogP contribution in [0.2, 0.25) is 0 Å². The maximum atomic E-state index is 12.9. The van der Waals surface area contributed by atoms with E-state index in [-0.39, 0.29) is 30.2 Å². The van der Waals surface area contributed by atoms with Gasteiger partial charge < -0.3 is 15.5 Å². The molecule has 0 radical (unpaired) electrons. The number of amides is 2. The summed E-state index contributed by atoms with van der Waals surface area (Å²) in [5.41, 5.74) is 0. The maximum Gasteiger partial charge on any atom is 0.217 e. The summed E-state index contributed by atoms with van der Waals surface area (Å²) in [6, 6.07) is -1.45. The van der Waals surface area contributed by atoms with Crippen LogP contribution in [-0.4, -0.2) is 86.0 Å². The molecule has 3 unspecified atom stereocenters. The van der Waals surface area contributed by atoms with E-state index in [0.29, 0.717) is 5.75 Å². The average molecular weight is 332 g/mol. The zero-order valence-electron chi connectivity index (χ0n) is 14.2. The Kier molecular flexibility index (Phi) is 9.31. The number of hydrogen-bond acceptors (Lipinski definition) is 6. The van der Waals surface area contributed by atoms with Crippen molar-refractivity contribution < 1.29 is 14.4 Å². The molecule has 0 bridgehead atoms. The lowest BCUT2D eigenvalue weighted by Crippen LogP contribution is -2.60. The van der Waals surface area contributed by atoms with Gasteiger partial charge in [-0.05, 0) is 28.2 Å². The van der Waals surface area contributed by atoms with Crippen molar-refractivity contribution in [2.75, 3.05) is 40.5 Å². The van der Waals surface area contributed by atoms with Gasteiger partial charge in [-0.2, -0.15) is 12.6 Å². The maximum absolute atomic E-state index is 12.9. The lowest BCUT2D eigenvalue weighted by Gasteiger charge is -2.34. The van der Waals surface area contributed by atoms with Gasteiger partial charge in [0.05, 0.1) is 6.04 Å². The van der Waals surface area contributed by atoms with Gasteiger partial charge in [-0.15, -0.1) is 0 Å². The molecule has 0 aliphatic heterocycles. The number of ketones is 1. The molecule has 0 rings (SSSR count). The van der Waals surface area contributed by atoms with E-state index in [4.69, 9.17) is 0 Å². The molecule has 0 saturated heterocycles. The van der Waals surface area contributed by atoms with Gasteiger partial charge in [0.25, 0.3) is 0 Å². The van der Waals surface area contributed by atoms with E-state index in [1.165, 1.54) is 13.8 Å². The highest BCUT2D eigenvalue weighted by Gasteiger charge is 2.35. The Morgan fingerprint density at radius 1 is 1.00 bits per heavy atom. The molecule has 0 heterocycles. The molecule has 22 heavy (non-hydrogen) atoms. The minimum absolute atomic E-state index is 0.151. The van der Waals surface area contributed by atoms with Gasteiger partial charge in [0.2, 0.25) is 11.8 Å². The van der Waals surface area contributed by atoms with Crippen molar-refractivity contribution in [3.05, 3.63) is 0 Å². The minimum atomic E-state index is -0.689. The molecule has 0 aromatic heterocycles. The van der Waals surface area contributed by atoms with Crippen molar-refractivity contribution in [2.24, 2.45) is 0 Å². The summed E-state index contributed by atoms with van der Waals surface area (Å²) in [5.74, 6) is -0.205. The lowest BCUT2D eigenvalue weighted by molar-refractivity contribution is -0.131. The largest absolute Gasteiger partial charge is 0.354 e. The molecule has 128 valence electrons. The number of rotatable bonds is 9. The van der Waals surface area contributed by atoms with Crippen LogP contribution in [0.4, 0.5) is 0 Å². The SMILES string of the molecule is CC(=O)NCC(C(=O)C(NC(C)=O)C(CS)N(C)C)N(C)C. The van der Waals surface area contributed by atoms with Gasteiger partial charge in [0.15, 0.2) is 5.78 Å². The normalized spacial score (nSPS) is 15.3. The van der Waals surface area contributed by atoms with E-state index in [1.54, 1.807) is 19.0 Å². The Balaban J connectivity index is 5.34. The topological polar surface area (TPSA) is 81.8 Å². The summed E-state index contributed by atoms with van der Waals surface area (Å²) in [6.45, 7) is 2.98. The molecule has 0 spiro atoms. The number of carbonyl (C=O) groups excluding carboxylic acids is 3. The van der Waals surface area contributed by atoms with Gasteiger partial charge in [-0.3, -0.25) is 19.3 Å². The highest BCUT2D eigenvalue weighted by Crippen LogP contribution is 2.09. The molecule has 0 aromatic carbocycles. The minimum Gasteiger partial charge on any atom is -0.354 e. The van der Waals surface area contributed by atoms with Crippen LogP contribution in [0.25, 0.3) is 0 Å². The number of carbonyl (C=O) groups is 3. The first-order valence-electron chi connectivity index (χ1n) is 7.10. The highest BCUT2D eigenvalue weighted by molar-refractivity contribution is 7.80. The van der Waals surface area contributed by atoms with Crippen LogP contribution in [0, 0.1) is 0 Å². The summed E-state index contributed by atoms with van der Waals surface area (Å²) in [5, 5.41) is 5.37. The molecule has 0 fully saturated rings. The van der Waals surface area contributed by atoms with Crippen molar-refractivity contribution in [3.63, 3.8) is 0 Å². The quantitative estimate of drug-likeness (QED) is 0.471. The Labute approximate surface area is 138 Å². The Hall–Kier alpha value is -1.12. The van der Waals surface area contributed by atoms with E-state index < -0.39 is 12.1 Å². The smallest absolute Gasteiger partial charge is 0.217 e. The van der Waals surface area contributed by atoms with Crippen LogP contribution >= 0.6 is 12.6 Å². The third kappa shape index (κ3) is 6.76. The summed E-state index contributed by atoms with van der Waals surface area (Å²) in [4.78, 5) is 39.0. The van der Waals surface area contributed by atoms with Crippen molar-refractivity contribution in [1.82, 2.24) is 20.4 Å². The van der Waals surface area contributed by atoms with Gasteiger partial charge >= 0.3 is 0 Å². The zero-order valence-corrected chi connectivity index (χ0v) is 15.1. The molecule has 8 heteroatoms. The molecule has 3 atom stereocenters. The van der Waals surface area contributed by atoms with Gasteiger partial charge in [0.1, 0.15) is 6.04 Å². The molecule has 2 N–H and O–H groups in total. The third-order valence-corrected chi connectivity index (χ3v) is 3.77. The zero-order chi connectivity index (χ0) is 17.4. The Morgan fingerprint density at radius 3 is 1.86 bits per heavy atom. The van der Waals surface area contributed by atoms with Crippen LogP contribution < -0.4 is 10.6 Å². The van der Waals surface area contributed by atoms with Gasteiger partial charge in [-0.1, -0.05) is 0 Å². The van der Waals surface area contributed by atoms with E-state index in [1.807, 2.05) is 19.0 Å². The van der Waals surface area contributed by atoms with Crippen LogP contribution in [-0.2, 0) is 14.4 Å². The first kappa shape index (κ1) is 20.9. The monoisotopic (exact) mass is 332 g/mol. The number of thiol groups is 1. The standard InChI is InChI=1S/C14H28N4O3S/c1-9(19)15-7-11(17(3)4)14(21)13(16-10(2)20)12(8-22)18(5)6/h11-13,22H,7-8H2,1-6H3,(H,15,19)(H,16,20). The number of likely N-dealkylation sites (N-methyl/N-ethyl adjacent to an activating group) is 2. The number of nitrogens with zero attached hydrogens (tertiary/aromatic N) is 2. The van der Waals surface area contributed by atoms with Crippen molar-refractivity contribution >= 4 is 30.2 Å². The molecule has 7 nitrogen and oxygen atoms in total. The molecule has 0 aliphatic rings. The molecular weight excluding hydrogens is 304 g/mol. The lowest BCUT2D eigenvalue weighted by atomic mass is 9.97. The van der Waals surface area contributed by atoms with E-state index >= 15 is 0 Å². The van der Waals surface area contributed by atoms with Crippen LogP contribution in [0.15, 0.2) is 0 Å². The fraction of sp³-hybridized carbons (Fsp3) is 0.786. The predicted molar refractivity (Wildman–Crippen MR) is 90.1 cm³/mol. The summed E-state index contributed by atoms with van der Waals surface area (Å²) in [7, 11) is 7.20. The van der Waals surface area contributed by atoms with Gasteiger partial charge in [-0.25, -0.2) is 0 Å². The molecule has 0 aromatic rings. The fourth-order valence-electron chi connectivity index (χ4n) is 2.13. The second-order valence-corrected chi connectivity index (χ2v) is 6.08. The molecule has 0 aliphatic carbocycles. The van der Waals surface area contributed by atoms with E-state index in [9.17, 15) is 14.4 Å². The Bertz CT molecular complexity index is 402. The third-order valence-electron chi connectivity index (χ3n) is 3.40. The van der Waals surface area contributed by atoms with E-state index in [0.717, 1.165) is 0 Å². The van der Waals surface area contributed by atoms with Gasteiger partial charge in [0, 0.05) is 32.2 Å². The van der Waals surface area contributed by atoms with Crippen LogP contribution in [0.1, 0.15) is 13.8 Å². The highest BCUT2D eigenvalue weighted by atomic mass is 32.1. The van der Waals surface area contributed by atoms with Crippen molar-refractivity contribution in [3.8, 4) is 0 Å². The van der Waals surface area contributed by atoms with Crippen LogP contribution in [0.5, 0.6) is 0 Å². The number of hydrogen-bond donors (Lipinski definition) is 3. The average Bonchev–Trinajstić information content (AvgIpc) is 2.36. The van der Waals surface area contributed by atoms with E-state index in [2.05, 4.69) is 23.3 Å². The van der Waals surface area contributed by atoms with Crippen LogP contribution in [0.3, 0.4) is 0 Å². The molecule has 0 saturated carbocycles. The summed E-state index contributed by atoms with van der Waals surface area (Å²) in [6.07, 6.45) is 0. The molecular formula is C14H28N4O3S. The predicted octanol–water partition coefficient (Wildman–Crippen LogP) is -1.01.